The minimum Gasteiger partial charge on any atom is -0.493 e. The number of rotatable bonds is 6. The Morgan fingerprint density at radius 1 is 1.00 bits per heavy atom. The first kappa shape index (κ1) is 21.4. The van der Waals surface area contributed by atoms with Gasteiger partial charge in [-0.15, -0.1) is 0 Å². The van der Waals surface area contributed by atoms with Crippen molar-refractivity contribution in [2.45, 2.75) is 13.5 Å². The van der Waals surface area contributed by atoms with Crippen molar-refractivity contribution in [3.05, 3.63) is 101 Å². The molecule has 0 atom stereocenters. The van der Waals surface area contributed by atoms with Crippen LogP contribution in [0.1, 0.15) is 22.8 Å². The molecule has 0 fully saturated rings. The summed E-state index contributed by atoms with van der Waals surface area (Å²) in [7, 11) is 0. The van der Waals surface area contributed by atoms with E-state index in [0.29, 0.717) is 34.6 Å². The smallest absolute Gasteiger partial charge is 0.264 e. The molecule has 0 aliphatic carbocycles. The van der Waals surface area contributed by atoms with E-state index in [-0.39, 0.29) is 5.91 Å². The van der Waals surface area contributed by atoms with Crippen LogP contribution in [-0.2, 0) is 6.54 Å². The monoisotopic (exact) mass is 472 g/mol. The van der Waals surface area contributed by atoms with Crippen LogP contribution in [0.2, 0.25) is 5.02 Å². The van der Waals surface area contributed by atoms with Crippen molar-refractivity contribution in [1.82, 2.24) is 4.98 Å². The minimum atomic E-state index is -0.149. The highest BCUT2D eigenvalue weighted by Gasteiger charge is 2.26. The maximum absolute atomic E-state index is 14.2. The van der Waals surface area contributed by atoms with Crippen molar-refractivity contribution in [3.8, 4) is 5.75 Å². The second-order valence-corrected chi connectivity index (χ2v) is 9.02. The highest BCUT2D eigenvalue weighted by molar-refractivity contribution is 7.22. The summed E-state index contributed by atoms with van der Waals surface area (Å²) in [5, 5.41) is 3.11. The lowest BCUT2D eigenvalue weighted by atomic mass is 10.0. The van der Waals surface area contributed by atoms with Crippen LogP contribution < -0.4 is 9.64 Å². The molecule has 4 nitrogen and oxygen atoms in total. The Labute approximate surface area is 201 Å². The van der Waals surface area contributed by atoms with Crippen LogP contribution in [0.15, 0.2) is 84.9 Å². The van der Waals surface area contributed by atoms with Gasteiger partial charge in [-0.2, -0.15) is 0 Å². The number of hydrogen-bond acceptors (Lipinski definition) is 4. The van der Waals surface area contributed by atoms with Crippen molar-refractivity contribution < 1.29 is 9.53 Å². The average molecular weight is 473 g/mol. The van der Waals surface area contributed by atoms with Gasteiger partial charge in [0.25, 0.3) is 5.91 Å². The van der Waals surface area contributed by atoms with Crippen LogP contribution in [-0.4, -0.2) is 17.5 Å². The molecule has 164 valence electrons. The molecule has 0 radical (unpaired) electrons. The van der Waals surface area contributed by atoms with Crippen molar-refractivity contribution in [2.75, 3.05) is 11.5 Å². The molecular weight excluding hydrogens is 452 g/mol. The van der Waals surface area contributed by atoms with E-state index in [4.69, 9.17) is 21.3 Å². The molecule has 0 saturated heterocycles. The highest BCUT2D eigenvalue weighted by Crippen LogP contribution is 2.35. The third-order valence-electron chi connectivity index (χ3n) is 5.40. The highest BCUT2D eigenvalue weighted by atomic mass is 35.5. The summed E-state index contributed by atoms with van der Waals surface area (Å²) in [6.07, 6.45) is 0. The molecule has 0 aliphatic rings. The second kappa shape index (κ2) is 9.22. The predicted molar refractivity (Wildman–Crippen MR) is 137 cm³/mol. The molecule has 4 aromatic carbocycles. The van der Waals surface area contributed by atoms with E-state index in [1.807, 2.05) is 91.9 Å². The molecule has 6 heteroatoms. The van der Waals surface area contributed by atoms with Gasteiger partial charge in [-0.05, 0) is 47.5 Å². The van der Waals surface area contributed by atoms with Crippen molar-refractivity contribution in [3.63, 3.8) is 0 Å². The van der Waals surface area contributed by atoms with Crippen LogP contribution in [0.25, 0.3) is 21.0 Å². The largest absolute Gasteiger partial charge is 0.493 e. The fourth-order valence-corrected chi connectivity index (χ4v) is 5.12. The first-order valence-electron chi connectivity index (χ1n) is 10.7. The summed E-state index contributed by atoms with van der Waals surface area (Å²) in [5.41, 5.74) is 2.37. The van der Waals surface area contributed by atoms with Gasteiger partial charge in [0.2, 0.25) is 0 Å². The van der Waals surface area contributed by atoms with E-state index in [1.54, 1.807) is 4.90 Å². The number of amides is 1. The average Bonchev–Trinajstić information content (AvgIpc) is 3.25. The Morgan fingerprint density at radius 3 is 2.61 bits per heavy atom. The molecule has 0 unspecified atom stereocenters. The number of anilines is 1. The summed E-state index contributed by atoms with van der Waals surface area (Å²) in [6.45, 7) is 2.78. The van der Waals surface area contributed by atoms with Crippen molar-refractivity contribution in [2.24, 2.45) is 0 Å². The van der Waals surface area contributed by atoms with E-state index < -0.39 is 0 Å². The lowest BCUT2D eigenvalue weighted by molar-refractivity contribution is 0.0983. The van der Waals surface area contributed by atoms with E-state index >= 15 is 0 Å². The SMILES string of the molecule is CCOc1ccc2ccccc2c1C(=O)N(Cc1ccccc1)c1nc2ccc(Cl)cc2s1. The van der Waals surface area contributed by atoms with Crippen LogP contribution in [0, 0.1) is 0 Å². The van der Waals surface area contributed by atoms with Gasteiger partial charge >= 0.3 is 0 Å². The first-order chi connectivity index (χ1) is 16.1. The van der Waals surface area contributed by atoms with Crippen LogP contribution in [0.4, 0.5) is 5.13 Å². The zero-order chi connectivity index (χ0) is 22.8. The van der Waals surface area contributed by atoms with Gasteiger partial charge < -0.3 is 4.74 Å². The summed E-state index contributed by atoms with van der Waals surface area (Å²) < 4.78 is 6.83. The van der Waals surface area contributed by atoms with Crippen molar-refractivity contribution >= 4 is 55.0 Å². The number of hydrogen-bond donors (Lipinski definition) is 0. The standard InChI is InChI=1S/C27H21ClN2O2S/c1-2-32-23-15-12-19-10-6-7-11-21(19)25(23)26(31)30(17-18-8-4-3-5-9-18)27-29-22-14-13-20(28)16-24(22)33-27/h3-16H,2,17H2,1H3. The third kappa shape index (κ3) is 4.30. The Morgan fingerprint density at radius 2 is 1.79 bits per heavy atom. The molecule has 0 saturated carbocycles. The number of aromatic nitrogens is 1. The Bertz CT molecular complexity index is 1450. The van der Waals surface area contributed by atoms with Crippen molar-refractivity contribution in [1.29, 1.82) is 0 Å². The predicted octanol–water partition coefficient (Wildman–Crippen LogP) is 7.35. The number of carbonyl (C=O) groups excluding carboxylic acids is 1. The zero-order valence-electron chi connectivity index (χ0n) is 18.0. The zero-order valence-corrected chi connectivity index (χ0v) is 19.6. The maximum atomic E-state index is 14.2. The molecule has 5 rings (SSSR count). The topological polar surface area (TPSA) is 42.4 Å². The minimum absolute atomic E-state index is 0.149. The number of nitrogens with zero attached hydrogens (tertiary/aromatic N) is 2. The van der Waals surface area contributed by atoms with Gasteiger partial charge in [-0.25, -0.2) is 4.98 Å². The van der Waals surface area contributed by atoms with Crippen LogP contribution in [0.3, 0.4) is 0 Å². The third-order valence-corrected chi connectivity index (χ3v) is 6.68. The number of fused-ring (bicyclic) bond motifs is 2. The maximum Gasteiger partial charge on any atom is 0.264 e. The van der Waals surface area contributed by atoms with E-state index in [1.165, 1.54) is 11.3 Å². The molecule has 1 heterocycles. The summed E-state index contributed by atoms with van der Waals surface area (Å²) in [5.74, 6) is 0.424. The molecule has 1 amide bonds. The fraction of sp³-hybridized carbons (Fsp3) is 0.111. The van der Waals surface area contributed by atoms with Gasteiger partial charge in [-0.3, -0.25) is 9.69 Å². The normalized spacial score (nSPS) is 11.1. The molecule has 0 bridgehead atoms. The summed E-state index contributed by atoms with van der Waals surface area (Å²) in [4.78, 5) is 20.7. The number of benzene rings is 4. The van der Waals surface area contributed by atoms with Gasteiger partial charge in [0, 0.05) is 5.02 Å². The number of ether oxygens (including phenoxy) is 1. The lowest BCUT2D eigenvalue weighted by Crippen LogP contribution is -2.31. The molecule has 0 aliphatic heterocycles. The number of thiazole rings is 1. The van der Waals surface area contributed by atoms with Crippen LogP contribution in [0.5, 0.6) is 5.75 Å². The van der Waals surface area contributed by atoms with Gasteiger partial charge in [0.15, 0.2) is 5.13 Å². The van der Waals surface area contributed by atoms with Crippen LogP contribution >= 0.6 is 22.9 Å². The summed E-state index contributed by atoms with van der Waals surface area (Å²) >= 11 is 7.65. The first-order valence-corrected chi connectivity index (χ1v) is 11.9. The van der Waals surface area contributed by atoms with Gasteiger partial charge in [0.05, 0.1) is 28.9 Å². The molecule has 33 heavy (non-hydrogen) atoms. The van der Waals surface area contributed by atoms with Gasteiger partial charge in [-0.1, -0.05) is 83.6 Å². The molecule has 1 aromatic heterocycles. The second-order valence-electron chi connectivity index (χ2n) is 7.58. The van der Waals surface area contributed by atoms with E-state index in [0.717, 1.165) is 26.6 Å². The molecule has 5 aromatic rings. The number of halogens is 1. The van der Waals surface area contributed by atoms with Gasteiger partial charge in [0.1, 0.15) is 5.75 Å². The molecule has 0 spiro atoms. The Kier molecular flexibility index (Phi) is 5.99. The molecule has 0 N–H and O–H groups in total. The number of carbonyl (C=O) groups is 1. The van der Waals surface area contributed by atoms with E-state index in [2.05, 4.69) is 0 Å². The van der Waals surface area contributed by atoms with E-state index in [9.17, 15) is 4.79 Å². The summed E-state index contributed by atoms with van der Waals surface area (Å²) in [6, 6.07) is 27.2. The quantitative estimate of drug-likeness (QED) is 0.259. The fourth-order valence-electron chi connectivity index (χ4n) is 3.88. The Hall–Kier alpha value is -3.41. The molecular formula is C27H21ClN2O2S. The Balaban J connectivity index is 1.68. The lowest BCUT2D eigenvalue weighted by Gasteiger charge is -2.22.